The number of halogens is 2. The highest BCUT2D eigenvalue weighted by molar-refractivity contribution is 7.13. The Balaban J connectivity index is 1.43. The normalized spacial score (nSPS) is 16.3. The van der Waals surface area contributed by atoms with Crippen LogP contribution < -0.4 is 5.32 Å². The largest absolute Gasteiger partial charge is 0.338 e. The molecule has 9 heteroatoms. The molecular formula is C21H18ClFN4O2S. The van der Waals surface area contributed by atoms with Crippen LogP contribution in [-0.4, -0.2) is 40.0 Å². The van der Waals surface area contributed by atoms with Crippen LogP contribution in [0.15, 0.2) is 48.5 Å². The standard InChI is InChI=1S/C21H18ClFN4O2S/c22-15-5-1-3-13(11-15)21(29)27-10-2-4-14(12-27)19-25-26-20(30-19)18(28)24-17-8-6-16(23)7-9-17/h1,3,5-9,11,14H,2,4,10,12H2,(H,24,28)/t14-/m0/s1. The number of rotatable bonds is 4. The first-order valence-corrected chi connectivity index (χ1v) is 10.6. The van der Waals surface area contributed by atoms with Crippen LogP contribution >= 0.6 is 22.9 Å². The number of likely N-dealkylation sites (tertiary alicyclic amines) is 1. The molecule has 0 saturated carbocycles. The molecule has 1 N–H and O–H groups in total. The lowest BCUT2D eigenvalue weighted by Gasteiger charge is -2.31. The summed E-state index contributed by atoms with van der Waals surface area (Å²) in [4.78, 5) is 27.0. The SMILES string of the molecule is O=C(Nc1ccc(F)cc1)c1nnc([C@H]2CCCN(C(=O)c3cccc(Cl)c3)C2)s1. The topological polar surface area (TPSA) is 75.2 Å². The first-order valence-electron chi connectivity index (χ1n) is 9.45. The second kappa shape index (κ2) is 8.89. The molecule has 1 aliphatic heterocycles. The van der Waals surface area contributed by atoms with Gasteiger partial charge < -0.3 is 10.2 Å². The first kappa shape index (κ1) is 20.4. The van der Waals surface area contributed by atoms with Crippen LogP contribution in [-0.2, 0) is 0 Å². The number of benzene rings is 2. The molecule has 1 fully saturated rings. The third-order valence-corrected chi connectivity index (χ3v) is 6.19. The second-order valence-electron chi connectivity index (χ2n) is 7.01. The van der Waals surface area contributed by atoms with Crippen molar-refractivity contribution >= 4 is 40.4 Å². The van der Waals surface area contributed by atoms with E-state index < -0.39 is 5.91 Å². The van der Waals surface area contributed by atoms with Crippen molar-refractivity contribution in [1.82, 2.24) is 15.1 Å². The summed E-state index contributed by atoms with van der Waals surface area (Å²) in [5.41, 5.74) is 1.04. The molecule has 3 aromatic rings. The van der Waals surface area contributed by atoms with E-state index in [0.29, 0.717) is 29.4 Å². The average Bonchev–Trinajstić information content (AvgIpc) is 3.25. The Kier molecular flexibility index (Phi) is 6.06. The molecule has 2 aromatic carbocycles. The summed E-state index contributed by atoms with van der Waals surface area (Å²) in [6, 6.07) is 12.4. The van der Waals surface area contributed by atoms with Gasteiger partial charge in [-0.25, -0.2) is 4.39 Å². The van der Waals surface area contributed by atoms with Gasteiger partial charge in [-0.2, -0.15) is 0 Å². The summed E-state index contributed by atoms with van der Waals surface area (Å²) >= 11 is 7.22. The predicted octanol–water partition coefficient (Wildman–Crippen LogP) is 4.60. The molecule has 4 rings (SSSR count). The summed E-state index contributed by atoms with van der Waals surface area (Å²) in [7, 11) is 0. The zero-order valence-corrected chi connectivity index (χ0v) is 17.4. The molecule has 1 aliphatic rings. The fourth-order valence-electron chi connectivity index (χ4n) is 3.38. The van der Waals surface area contributed by atoms with Gasteiger partial charge in [0.15, 0.2) is 0 Å². The van der Waals surface area contributed by atoms with Crippen LogP contribution in [0.25, 0.3) is 0 Å². The van der Waals surface area contributed by atoms with Crippen molar-refractivity contribution in [3.8, 4) is 0 Å². The Morgan fingerprint density at radius 3 is 2.73 bits per heavy atom. The lowest BCUT2D eigenvalue weighted by atomic mass is 9.98. The highest BCUT2D eigenvalue weighted by atomic mass is 35.5. The van der Waals surface area contributed by atoms with Crippen molar-refractivity contribution in [3.63, 3.8) is 0 Å². The molecule has 0 radical (unpaired) electrons. The number of anilines is 1. The van der Waals surface area contributed by atoms with E-state index in [2.05, 4.69) is 15.5 Å². The van der Waals surface area contributed by atoms with Gasteiger partial charge in [0.1, 0.15) is 10.8 Å². The number of carbonyl (C=O) groups excluding carboxylic acids is 2. The number of aromatic nitrogens is 2. The maximum absolute atomic E-state index is 13.0. The number of carbonyl (C=O) groups is 2. The number of amides is 2. The summed E-state index contributed by atoms with van der Waals surface area (Å²) in [6.07, 6.45) is 1.71. The van der Waals surface area contributed by atoms with Gasteiger partial charge >= 0.3 is 0 Å². The molecule has 1 aromatic heterocycles. The molecule has 2 amide bonds. The van der Waals surface area contributed by atoms with E-state index in [1.54, 1.807) is 29.2 Å². The van der Waals surface area contributed by atoms with Crippen molar-refractivity contribution in [2.45, 2.75) is 18.8 Å². The zero-order chi connectivity index (χ0) is 21.1. The zero-order valence-electron chi connectivity index (χ0n) is 15.8. The van der Waals surface area contributed by atoms with Gasteiger partial charge in [0, 0.05) is 35.3 Å². The molecule has 154 valence electrons. The maximum Gasteiger partial charge on any atom is 0.286 e. The lowest BCUT2D eigenvalue weighted by molar-refractivity contribution is 0.0706. The van der Waals surface area contributed by atoms with Crippen LogP contribution in [0.2, 0.25) is 5.02 Å². The molecule has 1 atom stereocenters. The number of nitrogens with one attached hydrogen (secondary N) is 1. The van der Waals surface area contributed by atoms with Gasteiger partial charge in [0.25, 0.3) is 11.8 Å². The minimum atomic E-state index is -0.395. The van der Waals surface area contributed by atoms with E-state index in [9.17, 15) is 14.0 Å². The molecular weight excluding hydrogens is 427 g/mol. The van der Waals surface area contributed by atoms with Crippen LogP contribution in [0.5, 0.6) is 0 Å². The minimum absolute atomic E-state index is 0.0201. The average molecular weight is 445 g/mol. The molecule has 0 unspecified atom stereocenters. The highest BCUT2D eigenvalue weighted by Crippen LogP contribution is 2.30. The highest BCUT2D eigenvalue weighted by Gasteiger charge is 2.28. The van der Waals surface area contributed by atoms with Gasteiger partial charge in [-0.15, -0.1) is 10.2 Å². The van der Waals surface area contributed by atoms with Crippen LogP contribution in [0.1, 0.15) is 43.9 Å². The smallest absolute Gasteiger partial charge is 0.286 e. The summed E-state index contributed by atoms with van der Waals surface area (Å²) < 4.78 is 13.0. The van der Waals surface area contributed by atoms with Crippen LogP contribution in [0.4, 0.5) is 10.1 Å². The van der Waals surface area contributed by atoms with Gasteiger partial charge in [-0.1, -0.05) is 29.0 Å². The lowest BCUT2D eigenvalue weighted by Crippen LogP contribution is -2.39. The Morgan fingerprint density at radius 2 is 1.97 bits per heavy atom. The van der Waals surface area contributed by atoms with Crippen molar-refractivity contribution in [2.75, 3.05) is 18.4 Å². The van der Waals surface area contributed by atoms with E-state index >= 15 is 0 Å². The number of piperidine rings is 1. The Bertz CT molecular complexity index is 1070. The second-order valence-corrected chi connectivity index (χ2v) is 8.45. The van der Waals surface area contributed by atoms with Gasteiger partial charge in [0.05, 0.1) is 0 Å². The number of nitrogens with zero attached hydrogens (tertiary/aromatic N) is 3. The van der Waals surface area contributed by atoms with Crippen molar-refractivity contribution in [3.05, 3.63) is 74.9 Å². The number of hydrogen-bond donors (Lipinski definition) is 1. The van der Waals surface area contributed by atoms with E-state index in [-0.39, 0.29) is 22.6 Å². The van der Waals surface area contributed by atoms with E-state index in [1.165, 1.54) is 35.6 Å². The Hall–Kier alpha value is -2.84. The van der Waals surface area contributed by atoms with Crippen molar-refractivity contribution in [2.24, 2.45) is 0 Å². The minimum Gasteiger partial charge on any atom is -0.338 e. The molecule has 2 heterocycles. The monoisotopic (exact) mass is 444 g/mol. The molecule has 1 saturated heterocycles. The molecule has 0 spiro atoms. The molecule has 30 heavy (non-hydrogen) atoms. The Labute approximate surface area is 181 Å². The third-order valence-electron chi connectivity index (χ3n) is 4.87. The molecule has 0 bridgehead atoms. The van der Waals surface area contributed by atoms with E-state index in [4.69, 9.17) is 11.6 Å². The summed E-state index contributed by atoms with van der Waals surface area (Å²) in [5.74, 6) is -0.818. The molecule has 6 nitrogen and oxygen atoms in total. The van der Waals surface area contributed by atoms with E-state index in [0.717, 1.165) is 17.8 Å². The fourth-order valence-corrected chi connectivity index (χ4v) is 4.43. The van der Waals surface area contributed by atoms with Crippen LogP contribution in [0, 0.1) is 5.82 Å². The number of hydrogen-bond acceptors (Lipinski definition) is 5. The van der Waals surface area contributed by atoms with Crippen molar-refractivity contribution in [1.29, 1.82) is 0 Å². The van der Waals surface area contributed by atoms with E-state index in [1.807, 2.05) is 0 Å². The maximum atomic E-state index is 13.0. The van der Waals surface area contributed by atoms with Gasteiger partial charge in [-0.3, -0.25) is 9.59 Å². The summed E-state index contributed by atoms with van der Waals surface area (Å²) in [5, 5.41) is 12.4. The summed E-state index contributed by atoms with van der Waals surface area (Å²) in [6.45, 7) is 1.18. The van der Waals surface area contributed by atoms with Crippen molar-refractivity contribution < 1.29 is 14.0 Å². The predicted molar refractivity (Wildman–Crippen MR) is 114 cm³/mol. The first-order chi connectivity index (χ1) is 14.5. The Morgan fingerprint density at radius 1 is 1.17 bits per heavy atom. The quantitative estimate of drug-likeness (QED) is 0.638. The van der Waals surface area contributed by atoms with Gasteiger partial charge in [-0.05, 0) is 55.3 Å². The van der Waals surface area contributed by atoms with Gasteiger partial charge in [0.2, 0.25) is 5.01 Å². The third kappa shape index (κ3) is 4.66. The van der Waals surface area contributed by atoms with Crippen LogP contribution in [0.3, 0.4) is 0 Å². The fraction of sp³-hybridized carbons (Fsp3) is 0.238. The molecule has 0 aliphatic carbocycles.